The molecule has 2 rings (SSSR count). The van der Waals surface area contributed by atoms with Gasteiger partial charge in [-0.15, -0.1) is 0 Å². The third-order valence-corrected chi connectivity index (χ3v) is 4.16. The van der Waals surface area contributed by atoms with E-state index in [9.17, 15) is 5.11 Å². The first kappa shape index (κ1) is 13.3. The molecule has 1 heterocycles. The second-order valence-electron chi connectivity index (χ2n) is 5.63. The largest absolute Gasteiger partial charge is 0.392 e. The summed E-state index contributed by atoms with van der Waals surface area (Å²) in [5.74, 6) is 0. The smallest absolute Gasteiger partial charge is 0.0693 e. The predicted molar refractivity (Wildman–Crippen MR) is 69.1 cm³/mol. The molecule has 0 aromatic carbocycles. The topological polar surface area (TPSA) is 41.5 Å². The van der Waals surface area contributed by atoms with Gasteiger partial charge in [-0.3, -0.25) is 0 Å². The highest BCUT2D eigenvalue weighted by atomic mass is 16.5. The predicted octanol–water partition coefficient (Wildman–Crippen LogP) is 2.23. The molecular formula is C14H27NO2. The van der Waals surface area contributed by atoms with Crippen LogP contribution >= 0.6 is 0 Å². The summed E-state index contributed by atoms with van der Waals surface area (Å²) >= 11 is 0. The standard InChI is InChI=1S/C14H27NO2/c1-2-5-12-10-11(8-9-17-12)15-13-6-3-4-7-14(13)16/h11-16H,2-10H2,1H3. The Morgan fingerprint density at radius 1 is 1.24 bits per heavy atom. The molecule has 2 aliphatic rings. The Labute approximate surface area is 105 Å². The second-order valence-corrected chi connectivity index (χ2v) is 5.63. The molecule has 0 aromatic rings. The third-order valence-electron chi connectivity index (χ3n) is 4.16. The Morgan fingerprint density at radius 3 is 2.82 bits per heavy atom. The van der Waals surface area contributed by atoms with Gasteiger partial charge in [0.1, 0.15) is 0 Å². The molecule has 0 aromatic heterocycles. The first-order chi connectivity index (χ1) is 8.29. The van der Waals surface area contributed by atoms with Crippen molar-refractivity contribution in [2.75, 3.05) is 6.61 Å². The number of aliphatic hydroxyl groups is 1. The van der Waals surface area contributed by atoms with Crippen LogP contribution in [0.1, 0.15) is 58.3 Å². The van der Waals surface area contributed by atoms with Gasteiger partial charge in [-0.1, -0.05) is 26.2 Å². The van der Waals surface area contributed by atoms with E-state index < -0.39 is 0 Å². The normalized spacial score (nSPS) is 39.2. The van der Waals surface area contributed by atoms with E-state index in [1.807, 2.05) is 0 Å². The van der Waals surface area contributed by atoms with Crippen LogP contribution in [0.3, 0.4) is 0 Å². The lowest BCUT2D eigenvalue weighted by atomic mass is 9.90. The molecule has 1 saturated heterocycles. The fourth-order valence-corrected chi connectivity index (χ4v) is 3.16. The van der Waals surface area contributed by atoms with Crippen LogP contribution in [0.2, 0.25) is 0 Å². The van der Waals surface area contributed by atoms with Gasteiger partial charge in [-0.25, -0.2) is 0 Å². The van der Waals surface area contributed by atoms with Crippen LogP contribution in [-0.4, -0.2) is 36.0 Å². The summed E-state index contributed by atoms with van der Waals surface area (Å²) in [7, 11) is 0. The lowest BCUT2D eigenvalue weighted by Gasteiger charge is -2.36. The molecule has 0 radical (unpaired) electrons. The first-order valence-electron chi connectivity index (χ1n) is 7.35. The molecule has 4 unspecified atom stereocenters. The highest BCUT2D eigenvalue weighted by molar-refractivity contribution is 4.86. The summed E-state index contributed by atoms with van der Waals surface area (Å²) in [6.45, 7) is 3.09. The highest BCUT2D eigenvalue weighted by Crippen LogP contribution is 2.23. The Bertz CT molecular complexity index is 220. The van der Waals surface area contributed by atoms with Gasteiger partial charge in [0, 0.05) is 18.7 Å². The molecule has 100 valence electrons. The van der Waals surface area contributed by atoms with Gasteiger partial charge in [0.2, 0.25) is 0 Å². The maximum absolute atomic E-state index is 9.98. The minimum absolute atomic E-state index is 0.128. The van der Waals surface area contributed by atoms with E-state index in [0.29, 0.717) is 18.2 Å². The van der Waals surface area contributed by atoms with Crippen molar-refractivity contribution in [2.24, 2.45) is 0 Å². The Morgan fingerprint density at radius 2 is 2.06 bits per heavy atom. The molecule has 1 aliphatic carbocycles. The molecule has 0 spiro atoms. The molecule has 1 aliphatic heterocycles. The van der Waals surface area contributed by atoms with Crippen LogP contribution in [0.4, 0.5) is 0 Å². The molecule has 0 bridgehead atoms. The van der Waals surface area contributed by atoms with Gasteiger partial charge in [-0.2, -0.15) is 0 Å². The Balaban J connectivity index is 1.77. The summed E-state index contributed by atoms with van der Waals surface area (Å²) in [6, 6.07) is 0.882. The third kappa shape index (κ3) is 3.94. The van der Waals surface area contributed by atoms with E-state index in [0.717, 1.165) is 32.3 Å². The second kappa shape index (κ2) is 6.72. The zero-order chi connectivity index (χ0) is 12.1. The molecule has 0 amide bonds. The van der Waals surface area contributed by atoms with E-state index in [4.69, 9.17) is 4.74 Å². The van der Waals surface area contributed by atoms with E-state index in [1.54, 1.807) is 0 Å². The van der Waals surface area contributed by atoms with Crippen molar-refractivity contribution in [1.29, 1.82) is 0 Å². The Hall–Kier alpha value is -0.120. The summed E-state index contributed by atoms with van der Waals surface area (Å²) in [5, 5.41) is 13.6. The summed E-state index contributed by atoms with van der Waals surface area (Å²) in [4.78, 5) is 0. The van der Waals surface area contributed by atoms with Crippen LogP contribution in [0.15, 0.2) is 0 Å². The zero-order valence-electron chi connectivity index (χ0n) is 11.0. The minimum atomic E-state index is -0.128. The van der Waals surface area contributed by atoms with E-state index >= 15 is 0 Å². The maximum Gasteiger partial charge on any atom is 0.0693 e. The van der Waals surface area contributed by atoms with Crippen LogP contribution in [0.25, 0.3) is 0 Å². The molecule has 2 N–H and O–H groups in total. The number of nitrogens with one attached hydrogen (secondary N) is 1. The van der Waals surface area contributed by atoms with Crippen molar-refractivity contribution in [3.63, 3.8) is 0 Å². The first-order valence-corrected chi connectivity index (χ1v) is 7.35. The monoisotopic (exact) mass is 241 g/mol. The minimum Gasteiger partial charge on any atom is -0.392 e. The lowest BCUT2D eigenvalue weighted by molar-refractivity contribution is -0.0118. The quantitative estimate of drug-likeness (QED) is 0.793. The number of aliphatic hydroxyl groups excluding tert-OH is 1. The molecule has 3 heteroatoms. The van der Waals surface area contributed by atoms with Gasteiger partial charge in [-0.05, 0) is 32.1 Å². The van der Waals surface area contributed by atoms with Gasteiger partial charge < -0.3 is 15.2 Å². The van der Waals surface area contributed by atoms with E-state index in [-0.39, 0.29) is 6.10 Å². The average molecular weight is 241 g/mol. The van der Waals surface area contributed by atoms with E-state index in [2.05, 4.69) is 12.2 Å². The fourth-order valence-electron chi connectivity index (χ4n) is 3.16. The van der Waals surface area contributed by atoms with Crippen molar-refractivity contribution in [3.05, 3.63) is 0 Å². The number of hydrogen-bond donors (Lipinski definition) is 2. The van der Waals surface area contributed by atoms with Gasteiger partial charge in [0.25, 0.3) is 0 Å². The van der Waals surface area contributed by atoms with E-state index in [1.165, 1.54) is 25.7 Å². The SMILES string of the molecule is CCCC1CC(NC2CCCCC2O)CCO1. The maximum atomic E-state index is 9.98. The molecule has 4 atom stereocenters. The van der Waals surface area contributed by atoms with Gasteiger partial charge in [0.05, 0.1) is 12.2 Å². The van der Waals surface area contributed by atoms with Crippen molar-refractivity contribution in [1.82, 2.24) is 5.32 Å². The van der Waals surface area contributed by atoms with Crippen molar-refractivity contribution >= 4 is 0 Å². The summed E-state index contributed by atoms with van der Waals surface area (Å²) < 4.78 is 5.76. The summed E-state index contributed by atoms with van der Waals surface area (Å²) in [5.41, 5.74) is 0. The lowest BCUT2D eigenvalue weighted by Crippen LogP contribution is -2.50. The van der Waals surface area contributed by atoms with Gasteiger partial charge in [0.15, 0.2) is 0 Å². The number of hydrogen-bond acceptors (Lipinski definition) is 3. The highest BCUT2D eigenvalue weighted by Gasteiger charge is 2.28. The van der Waals surface area contributed by atoms with Crippen molar-refractivity contribution in [3.8, 4) is 0 Å². The number of rotatable bonds is 4. The van der Waals surface area contributed by atoms with Crippen molar-refractivity contribution in [2.45, 2.75) is 82.6 Å². The average Bonchev–Trinajstić information content (AvgIpc) is 2.33. The van der Waals surface area contributed by atoms with Crippen LogP contribution in [0.5, 0.6) is 0 Å². The molecule has 3 nitrogen and oxygen atoms in total. The summed E-state index contributed by atoms with van der Waals surface area (Å²) in [6.07, 6.45) is 9.45. The molecular weight excluding hydrogens is 214 g/mol. The zero-order valence-corrected chi connectivity index (χ0v) is 11.0. The number of ether oxygens (including phenoxy) is 1. The molecule has 2 fully saturated rings. The van der Waals surface area contributed by atoms with Crippen molar-refractivity contribution < 1.29 is 9.84 Å². The van der Waals surface area contributed by atoms with Crippen LogP contribution in [0, 0.1) is 0 Å². The van der Waals surface area contributed by atoms with Crippen LogP contribution in [-0.2, 0) is 4.74 Å². The Kier molecular flexibility index (Phi) is 5.26. The molecule has 1 saturated carbocycles. The van der Waals surface area contributed by atoms with Crippen LogP contribution < -0.4 is 5.32 Å². The van der Waals surface area contributed by atoms with Gasteiger partial charge >= 0.3 is 0 Å². The fraction of sp³-hybridized carbons (Fsp3) is 1.00. The molecule has 17 heavy (non-hydrogen) atoms.